The number of unbranched alkanes of at least 4 members (excludes halogenated alkanes) is 4. The minimum Gasteiger partial charge on any atom is -0.327 e. The first-order chi connectivity index (χ1) is 19.9. The molecule has 4 aromatic rings. The molecule has 0 saturated heterocycles. The summed E-state index contributed by atoms with van der Waals surface area (Å²) in [5.74, 6) is 1.02. The minimum atomic E-state index is -0.254. The number of aryl methyl sites for hydroxylation is 3. The minimum absolute atomic E-state index is 0.104. The van der Waals surface area contributed by atoms with E-state index in [1.807, 2.05) is 30.6 Å². The lowest BCUT2D eigenvalue weighted by Crippen LogP contribution is -2.21. The summed E-state index contributed by atoms with van der Waals surface area (Å²) in [6, 6.07) is 14.4. The normalized spacial score (nSPS) is 11.1. The number of benzene rings is 1. The molecule has 0 aliphatic heterocycles. The van der Waals surface area contributed by atoms with Crippen LogP contribution in [0.5, 0.6) is 0 Å². The Balaban J connectivity index is 1.30. The Morgan fingerprint density at radius 1 is 0.976 bits per heavy atom. The summed E-state index contributed by atoms with van der Waals surface area (Å²) in [5.41, 5.74) is 2.84. The van der Waals surface area contributed by atoms with E-state index in [4.69, 9.17) is 11.6 Å². The molecule has 3 heterocycles. The maximum absolute atomic E-state index is 12.9. The highest BCUT2D eigenvalue weighted by molar-refractivity contribution is 7.99. The molecule has 7 nitrogen and oxygen atoms in total. The second-order valence-electron chi connectivity index (χ2n) is 10.1. The largest absolute Gasteiger partial charge is 0.327 e. The van der Waals surface area contributed by atoms with E-state index in [2.05, 4.69) is 14.5 Å². The maximum atomic E-state index is 12.9. The van der Waals surface area contributed by atoms with E-state index in [1.54, 1.807) is 61.5 Å². The van der Waals surface area contributed by atoms with Crippen molar-refractivity contribution in [1.29, 1.82) is 0 Å². The van der Waals surface area contributed by atoms with Gasteiger partial charge in [0, 0.05) is 79.2 Å². The molecule has 0 spiro atoms. The Labute approximate surface area is 249 Å². The fourth-order valence-electron chi connectivity index (χ4n) is 4.49. The molecule has 0 amide bonds. The molecule has 0 atom stereocenters. The number of pyridine rings is 2. The molecule has 0 fully saturated rings. The summed E-state index contributed by atoms with van der Waals surface area (Å²) < 4.78 is 3.56. The van der Waals surface area contributed by atoms with Gasteiger partial charge in [-0.3, -0.25) is 19.4 Å². The van der Waals surface area contributed by atoms with Crippen LogP contribution in [0.2, 0.25) is 5.02 Å². The van der Waals surface area contributed by atoms with Crippen molar-refractivity contribution in [1.82, 2.24) is 19.1 Å². The molecule has 0 aliphatic rings. The molecular weight excluding hydrogens is 556 g/mol. The third kappa shape index (κ3) is 9.54. The van der Waals surface area contributed by atoms with Crippen LogP contribution in [-0.4, -0.2) is 30.6 Å². The van der Waals surface area contributed by atoms with Crippen molar-refractivity contribution in [2.24, 2.45) is 7.05 Å². The van der Waals surface area contributed by atoms with Crippen LogP contribution in [0.4, 0.5) is 0 Å². The summed E-state index contributed by atoms with van der Waals surface area (Å²) in [5, 5.41) is 1.34. The number of thioether (sulfide) groups is 1. The van der Waals surface area contributed by atoms with Crippen LogP contribution in [0, 0.1) is 0 Å². The number of carbonyl (C=O) groups is 1. The Bertz CT molecular complexity index is 1550. The van der Waals surface area contributed by atoms with Gasteiger partial charge in [0.15, 0.2) is 10.9 Å². The standard InChI is InChI=1S/C32H35ClN4O3S/c1-36-17-14-25(21-30(36)39)20-27-23-37(18-15-24-8-7-16-34-22-24)32(35-31(27)40)41-19-6-4-2-3-5-9-29(38)26-10-12-28(33)13-11-26/h7-8,10-14,16-17,21-23H,2-6,9,15,18-20H2,1H3. The second kappa shape index (κ2) is 15.5. The number of halogens is 1. The number of Topliss-reactive ketones (excluding diaryl/α,β-unsaturated/α-hetero) is 1. The van der Waals surface area contributed by atoms with Gasteiger partial charge in [-0.1, -0.05) is 48.7 Å². The lowest BCUT2D eigenvalue weighted by atomic mass is 10.0. The monoisotopic (exact) mass is 590 g/mol. The van der Waals surface area contributed by atoms with Crippen LogP contribution >= 0.6 is 23.4 Å². The van der Waals surface area contributed by atoms with Gasteiger partial charge in [-0.05, 0) is 66.8 Å². The quantitative estimate of drug-likeness (QED) is 0.0715. The van der Waals surface area contributed by atoms with E-state index < -0.39 is 0 Å². The van der Waals surface area contributed by atoms with E-state index in [0.717, 1.165) is 55.4 Å². The summed E-state index contributed by atoms with van der Waals surface area (Å²) in [4.78, 5) is 46.0. The summed E-state index contributed by atoms with van der Waals surface area (Å²) in [6.45, 7) is 0.673. The smallest absolute Gasteiger partial charge is 0.277 e. The number of nitrogens with zero attached hydrogens (tertiary/aromatic N) is 4. The van der Waals surface area contributed by atoms with Gasteiger partial charge in [-0.15, -0.1) is 0 Å². The molecule has 214 valence electrons. The molecule has 3 aromatic heterocycles. The van der Waals surface area contributed by atoms with Crippen molar-refractivity contribution in [3.63, 3.8) is 0 Å². The number of hydrogen-bond donors (Lipinski definition) is 0. The lowest BCUT2D eigenvalue weighted by Gasteiger charge is -2.14. The third-order valence-corrected chi connectivity index (χ3v) is 8.23. The molecule has 0 saturated carbocycles. The molecule has 41 heavy (non-hydrogen) atoms. The SMILES string of the molecule is Cn1ccc(Cc2cn(CCc3cccnc3)c(SCCCCCCCC(=O)c3ccc(Cl)cc3)nc2=O)cc1=O. The van der Waals surface area contributed by atoms with Gasteiger partial charge in [0.05, 0.1) is 0 Å². The summed E-state index contributed by atoms with van der Waals surface area (Å²) in [6.07, 6.45) is 13.9. The Kier molecular flexibility index (Phi) is 11.5. The van der Waals surface area contributed by atoms with Crippen LogP contribution in [0.25, 0.3) is 0 Å². The molecule has 1 aromatic carbocycles. The van der Waals surface area contributed by atoms with Gasteiger partial charge in [-0.25, -0.2) is 0 Å². The van der Waals surface area contributed by atoms with Crippen molar-refractivity contribution in [3.05, 3.63) is 121 Å². The van der Waals surface area contributed by atoms with Gasteiger partial charge in [0.25, 0.3) is 11.1 Å². The second-order valence-corrected chi connectivity index (χ2v) is 11.6. The summed E-state index contributed by atoms with van der Waals surface area (Å²) in [7, 11) is 1.70. The average molecular weight is 591 g/mol. The topological polar surface area (TPSA) is 86.8 Å². The van der Waals surface area contributed by atoms with E-state index in [-0.39, 0.29) is 16.9 Å². The Hall–Kier alpha value is -3.49. The van der Waals surface area contributed by atoms with Crippen LogP contribution in [0.3, 0.4) is 0 Å². The first-order valence-corrected chi connectivity index (χ1v) is 15.3. The number of aromatic nitrogens is 4. The fraction of sp³-hybridized carbons (Fsp3) is 0.344. The first kappa shape index (κ1) is 30.5. The van der Waals surface area contributed by atoms with Crippen LogP contribution in [0.1, 0.15) is 65.6 Å². The highest BCUT2D eigenvalue weighted by Gasteiger charge is 2.11. The third-order valence-electron chi connectivity index (χ3n) is 6.90. The van der Waals surface area contributed by atoms with Gasteiger partial charge in [-0.2, -0.15) is 4.98 Å². The van der Waals surface area contributed by atoms with Gasteiger partial charge in [0.2, 0.25) is 0 Å². The van der Waals surface area contributed by atoms with Crippen LogP contribution < -0.4 is 11.1 Å². The summed E-state index contributed by atoms with van der Waals surface area (Å²) >= 11 is 7.50. The van der Waals surface area contributed by atoms with Crippen molar-refractivity contribution in [3.8, 4) is 0 Å². The van der Waals surface area contributed by atoms with Crippen molar-refractivity contribution in [2.75, 3.05) is 5.75 Å². The molecule has 0 radical (unpaired) electrons. The predicted molar refractivity (Wildman–Crippen MR) is 165 cm³/mol. The van der Waals surface area contributed by atoms with Crippen molar-refractivity contribution in [2.45, 2.75) is 63.1 Å². The fourth-order valence-corrected chi connectivity index (χ4v) is 5.61. The highest BCUT2D eigenvalue weighted by Crippen LogP contribution is 2.20. The zero-order valence-electron chi connectivity index (χ0n) is 23.3. The van der Waals surface area contributed by atoms with Gasteiger partial charge >= 0.3 is 0 Å². The number of carbonyl (C=O) groups excluding carboxylic acids is 1. The van der Waals surface area contributed by atoms with Crippen molar-refractivity contribution >= 4 is 29.1 Å². The molecule has 0 unspecified atom stereocenters. The van der Waals surface area contributed by atoms with Crippen LogP contribution in [0.15, 0.2) is 88.1 Å². The zero-order valence-corrected chi connectivity index (χ0v) is 24.9. The number of ketones is 1. The number of rotatable bonds is 15. The van der Waals surface area contributed by atoms with E-state index >= 15 is 0 Å². The highest BCUT2D eigenvalue weighted by atomic mass is 35.5. The van der Waals surface area contributed by atoms with Crippen molar-refractivity contribution < 1.29 is 4.79 Å². The zero-order chi connectivity index (χ0) is 29.0. The molecule has 0 N–H and O–H groups in total. The van der Waals surface area contributed by atoms with Gasteiger partial charge in [0.1, 0.15) is 0 Å². The molecule has 4 rings (SSSR count). The predicted octanol–water partition coefficient (Wildman–Crippen LogP) is 6.14. The van der Waals surface area contributed by atoms with Gasteiger partial charge < -0.3 is 9.13 Å². The molecule has 0 aliphatic carbocycles. The molecule has 0 bridgehead atoms. The maximum Gasteiger partial charge on any atom is 0.277 e. The van der Waals surface area contributed by atoms with Crippen LogP contribution in [-0.2, 0) is 26.4 Å². The average Bonchev–Trinajstić information content (AvgIpc) is 2.97. The lowest BCUT2D eigenvalue weighted by molar-refractivity contribution is 0.0979. The first-order valence-electron chi connectivity index (χ1n) is 14.0. The van der Waals surface area contributed by atoms with E-state index in [9.17, 15) is 14.4 Å². The Morgan fingerprint density at radius 2 is 1.76 bits per heavy atom. The molecular formula is C32H35ClN4O3S. The Morgan fingerprint density at radius 3 is 2.51 bits per heavy atom. The number of hydrogen-bond acceptors (Lipinski definition) is 6. The van der Waals surface area contributed by atoms with E-state index in [1.165, 1.54) is 4.57 Å². The molecule has 9 heteroatoms. The van der Waals surface area contributed by atoms with E-state index in [0.29, 0.717) is 40.7 Å².